The van der Waals surface area contributed by atoms with E-state index < -0.39 is 0 Å². The molecule has 2 rings (SSSR count). The minimum Gasteiger partial charge on any atom is -0.347 e. The van der Waals surface area contributed by atoms with E-state index in [-0.39, 0.29) is 18.3 Å². The number of carbonyl (C=O) groups is 1. The van der Waals surface area contributed by atoms with Crippen LogP contribution < -0.4 is 5.32 Å². The van der Waals surface area contributed by atoms with E-state index in [2.05, 4.69) is 10.4 Å². The van der Waals surface area contributed by atoms with Gasteiger partial charge in [-0.25, -0.2) is 4.39 Å². The average molecular weight is 261 g/mol. The van der Waals surface area contributed by atoms with Crippen LogP contribution in [0.25, 0.3) is 0 Å². The summed E-state index contributed by atoms with van der Waals surface area (Å²) in [7, 11) is 0. The molecule has 0 atom stereocenters. The number of hydrogen-bond donors (Lipinski definition) is 1. The second-order valence-corrected chi connectivity index (χ2v) is 4.26. The number of hydrogen-bond acceptors (Lipinski definition) is 2. The quantitative estimate of drug-likeness (QED) is 0.917. The molecule has 1 heterocycles. The largest absolute Gasteiger partial charge is 0.347 e. The van der Waals surface area contributed by atoms with Crippen LogP contribution in [0.3, 0.4) is 0 Å². The van der Waals surface area contributed by atoms with Crippen molar-refractivity contribution in [3.05, 3.63) is 53.1 Å². The second kappa shape index (κ2) is 5.65. The van der Waals surface area contributed by atoms with Gasteiger partial charge in [0.15, 0.2) is 0 Å². The molecular weight excluding hydrogens is 245 g/mol. The van der Waals surface area contributed by atoms with Gasteiger partial charge in [-0.3, -0.25) is 9.48 Å². The lowest BCUT2D eigenvalue weighted by atomic mass is 10.2. The Bertz CT molecular complexity index is 592. The van der Waals surface area contributed by atoms with Crippen molar-refractivity contribution < 1.29 is 9.18 Å². The van der Waals surface area contributed by atoms with Gasteiger partial charge in [-0.1, -0.05) is 18.2 Å². The SMILES string of the molecule is CCn1nc(C)cc1C(=O)NCc1ccccc1F. The summed E-state index contributed by atoms with van der Waals surface area (Å²) in [5, 5.41) is 6.91. The number of amides is 1. The van der Waals surface area contributed by atoms with E-state index in [0.717, 1.165) is 5.69 Å². The third-order valence-corrected chi connectivity index (χ3v) is 2.83. The number of aryl methyl sites for hydroxylation is 2. The van der Waals surface area contributed by atoms with Gasteiger partial charge < -0.3 is 5.32 Å². The van der Waals surface area contributed by atoms with E-state index in [4.69, 9.17) is 0 Å². The third kappa shape index (κ3) is 2.99. The highest BCUT2D eigenvalue weighted by atomic mass is 19.1. The maximum atomic E-state index is 13.4. The fourth-order valence-corrected chi connectivity index (χ4v) is 1.88. The fourth-order valence-electron chi connectivity index (χ4n) is 1.88. The van der Waals surface area contributed by atoms with Crippen molar-refractivity contribution in [2.24, 2.45) is 0 Å². The molecule has 0 saturated carbocycles. The molecular formula is C14H16FN3O. The maximum Gasteiger partial charge on any atom is 0.269 e. The molecule has 0 radical (unpaired) electrons. The molecule has 1 amide bonds. The first-order valence-electron chi connectivity index (χ1n) is 6.18. The minimum atomic E-state index is -0.317. The highest BCUT2D eigenvalue weighted by molar-refractivity contribution is 5.92. The fraction of sp³-hybridized carbons (Fsp3) is 0.286. The van der Waals surface area contributed by atoms with Crippen LogP contribution in [0.5, 0.6) is 0 Å². The predicted octanol–water partition coefficient (Wildman–Crippen LogP) is 2.28. The predicted molar refractivity (Wildman–Crippen MR) is 70.2 cm³/mol. The number of aromatic nitrogens is 2. The molecule has 0 fully saturated rings. The number of carbonyl (C=O) groups excluding carboxylic acids is 1. The van der Waals surface area contributed by atoms with Crippen LogP contribution in [-0.2, 0) is 13.1 Å². The molecule has 0 spiro atoms. The zero-order chi connectivity index (χ0) is 13.8. The Balaban J connectivity index is 2.07. The van der Waals surface area contributed by atoms with Crippen molar-refractivity contribution in [1.29, 1.82) is 0 Å². The van der Waals surface area contributed by atoms with E-state index in [9.17, 15) is 9.18 Å². The van der Waals surface area contributed by atoms with Crippen LogP contribution in [-0.4, -0.2) is 15.7 Å². The lowest BCUT2D eigenvalue weighted by Crippen LogP contribution is -2.26. The van der Waals surface area contributed by atoms with Crippen LogP contribution in [0.15, 0.2) is 30.3 Å². The lowest BCUT2D eigenvalue weighted by Gasteiger charge is -2.07. The highest BCUT2D eigenvalue weighted by Gasteiger charge is 2.13. The third-order valence-electron chi connectivity index (χ3n) is 2.83. The topological polar surface area (TPSA) is 46.9 Å². The Morgan fingerprint density at radius 1 is 1.42 bits per heavy atom. The van der Waals surface area contributed by atoms with Gasteiger partial charge >= 0.3 is 0 Å². The average Bonchev–Trinajstić information content (AvgIpc) is 2.79. The molecule has 0 bridgehead atoms. The van der Waals surface area contributed by atoms with Crippen molar-refractivity contribution in [1.82, 2.24) is 15.1 Å². The summed E-state index contributed by atoms with van der Waals surface area (Å²) in [6, 6.07) is 8.11. The summed E-state index contributed by atoms with van der Waals surface area (Å²) in [5.41, 5.74) is 1.75. The zero-order valence-electron chi connectivity index (χ0n) is 11.0. The van der Waals surface area contributed by atoms with Gasteiger partial charge in [-0.2, -0.15) is 5.10 Å². The number of nitrogens with zero attached hydrogens (tertiary/aromatic N) is 2. The first-order valence-corrected chi connectivity index (χ1v) is 6.18. The summed E-state index contributed by atoms with van der Waals surface area (Å²) >= 11 is 0. The first kappa shape index (κ1) is 13.3. The molecule has 1 aromatic heterocycles. The smallest absolute Gasteiger partial charge is 0.269 e. The normalized spacial score (nSPS) is 10.5. The Morgan fingerprint density at radius 3 is 2.84 bits per heavy atom. The molecule has 0 aliphatic carbocycles. The van der Waals surface area contributed by atoms with E-state index in [1.54, 1.807) is 28.9 Å². The van der Waals surface area contributed by atoms with Crippen molar-refractivity contribution in [2.45, 2.75) is 26.9 Å². The van der Waals surface area contributed by atoms with Gasteiger partial charge in [-0.05, 0) is 26.0 Å². The zero-order valence-corrected chi connectivity index (χ0v) is 11.0. The van der Waals surface area contributed by atoms with Crippen LogP contribution in [0.1, 0.15) is 28.7 Å². The first-order chi connectivity index (χ1) is 9.11. The van der Waals surface area contributed by atoms with E-state index in [1.165, 1.54) is 6.07 Å². The molecule has 0 aliphatic rings. The summed E-state index contributed by atoms with van der Waals surface area (Å²) < 4.78 is 15.1. The Morgan fingerprint density at radius 2 is 2.16 bits per heavy atom. The molecule has 2 aromatic rings. The molecule has 0 saturated heterocycles. The molecule has 1 N–H and O–H groups in total. The highest BCUT2D eigenvalue weighted by Crippen LogP contribution is 2.07. The van der Waals surface area contributed by atoms with E-state index in [0.29, 0.717) is 17.8 Å². The van der Waals surface area contributed by atoms with Crippen molar-refractivity contribution >= 4 is 5.91 Å². The van der Waals surface area contributed by atoms with Gasteiger partial charge in [0.25, 0.3) is 5.91 Å². The van der Waals surface area contributed by atoms with Gasteiger partial charge in [-0.15, -0.1) is 0 Å². The second-order valence-electron chi connectivity index (χ2n) is 4.26. The molecule has 4 nitrogen and oxygen atoms in total. The Kier molecular flexibility index (Phi) is 3.94. The van der Waals surface area contributed by atoms with Crippen LogP contribution in [0.4, 0.5) is 4.39 Å². The standard InChI is InChI=1S/C14H16FN3O/c1-3-18-13(8-10(2)17-18)14(19)16-9-11-6-4-5-7-12(11)15/h4-8H,3,9H2,1-2H3,(H,16,19). The maximum absolute atomic E-state index is 13.4. The van der Waals surface area contributed by atoms with Crippen LogP contribution >= 0.6 is 0 Å². The molecule has 1 aromatic carbocycles. The minimum absolute atomic E-state index is 0.166. The Hall–Kier alpha value is -2.17. The monoisotopic (exact) mass is 261 g/mol. The van der Waals surface area contributed by atoms with Gasteiger partial charge in [0.05, 0.1) is 5.69 Å². The van der Waals surface area contributed by atoms with Gasteiger partial charge in [0.2, 0.25) is 0 Å². The Labute approximate surface area is 111 Å². The van der Waals surface area contributed by atoms with E-state index >= 15 is 0 Å². The van der Waals surface area contributed by atoms with Crippen LogP contribution in [0, 0.1) is 12.7 Å². The molecule has 0 unspecified atom stereocenters. The summed E-state index contributed by atoms with van der Waals surface area (Å²) in [5.74, 6) is -0.561. The molecule has 5 heteroatoms. The lowest BCUT2D eigenvalue weighted by molar-refractivity contribution is 0.0940. The molecule has 19 heavy (non-hydrogen) atoms. The van der Waals surface area contributed by atoms with E-state index in [1.807, 2.05) is 13.8 Å². The van der Waals surface area contributed by atoms with Crippen molar-refractivity contribution in [3.8, 4) is 0 Å². The number of benzene rings is 1. The van der Waals surface area contributed by atoms with Gasteiger partial charge in [0.1, 0.15) is 11.5 Å². The van der Waals surface area contributed by atoms with Crippen LogP contribution in [0.2, 0.25) is 0 Å². The summed E-state index contributed by atoms with van der Waals surface area (Å²) in [4.78, 5) is 12.0. The van der Waals surface area contributed by atoms with Crippen molar-refractivity contribution in [3.63, 3.8) is 0 Å². The number of halogens is 1. The summed E-state index contributed by atoms with van der Waals surface area (Å²) in [6.07, 6.45) is 0. The van der Waals surface area contributed by atoms with Gasteiger partial charge in [0, 0.05) is 18.7 Å². The van der Waals surface area contributed by atoms with Crippen molar-refractivity contribution in [2.75, 3.05) is 0 Å². The molecule has 100 valence electrons. The summed E-state index contributed by atoms with van der Waals surface area (Å²) in [6.45, 7) is 4.54. The number of nitrogens with one attached hydrogen (secondary N) is 1. The molecule has 0 aliphatic heterocycles. The number of rotatable bonds is 4.